The van der Waals surface area contributed by atoms with Gasteiger partial charge in [-0.05, 0) is 54.8 Å². The molecule has 0 N–H and O–H groups in total. The maximum Gasteiger partial charge on any atom is 0.123 e. The molecule has 1 aliphatic rings. The number of hydrogen-bond donors (Lipinski definition) is 0. The molecule has 0 saturated carbocycles. The zero-order valence-corrected chi connectivity index (χ0v) is 12.3. The zero-order valence-electron chi connectivity index (χ0n) is 12.3. The Bertz CT molecular complexity index is 579. The topological polar surface area (TPSA) is 12.5 Å². The van der Waals surface area contributed by atoms with E-state index >= 15 is 0 Å². The molecule has 0 aromatic heterocycles. The third-order valence-electron chi connectivity index (χ3n) is 4.16. The summed E-state index contributed by atoms with van der Waals surface area (Å²) < 4.78 is 18.3. The van der Waals surface area contributed by atoms with E-state index in [0.717, 1.165) is 25.3 Å². The second-order valence-electron chi connectivity index (χ2n) is 5.53. The minimum absolute atomic E-state index is 0.168. The highest BCUT2D eigenvalue weighted by Gasteiger charge is 2.25. The Hall–Kier alpha value is -1.87. The number of hydrogen-bond acceptors (Lipinski definition) is 2. The lowest BCUT2D eigenvalue weighted by Crippen LogP contribution is -2.22. The molecule has 2 nitrogen and oxygen atoms in total. The van der Waals surface area contributed by atoms with E-state index in [2.05, 4.69) is 17.0 Å². The summed E-state index contributed by atoms with van der Waals surface area (Å²) in [5.74, 6) is 0.716. The number of halogens is 1. The average Bonchev–Trinajstić information content (AvgIpc) is 2.97. The Labute approximate surface area is 125 Å². The molecule has 3 rings (SSSR count). The van der Waals surface area contributed by atoms with E-state index in [1.165, 1.54) is 17.5 Å². The molecule has 0 unspecified atom stereocenters. The van der Waals surface area contributed by atoms with Crippen LogP contribution in [0.3, 0.4) is 0 Å². The van der Waals surface area contributed by atoms with Crippen LogP contribution in [0.15, 0.2) is 48.5 Å². The van der Waals surface area contributed by atoms with Gasteiger partial charge in [-0.1, -0.05) is 24.3 Å². The Kier molecular flexibility index (Phi) is 4.20. The molecular weight excluding hydrogens is 265 g/mol. The molecule has 1 fully saturated rings. The van der Waals surface area contributed by atoms with E-state index in [1.807, 2.05) is 24.3 Å². The number of benzene rings is 2. The van der Waals surface area contributed by atoms with Crippen molar-refractivity contribution < 1.29 is 9.13 Å². The molecule has 1 heterocycles. The molecular formula is C18H20FNO. The summed E-state index contributed by atoms with van der Waals surface area (Å²) in [5.41, 5.74) is 2.49. The monoisotopic (exact) mass is 285 g/mol. The zero-order chi connectivity index (χ0) is 14.7. The molecule has 3 heteroatoms. The van der Waals surface area contributed by atoms with Crippen molar-refractivity contribution in [1.29, 1.82) is 0 Å². The number of ether oxygens (including phenoxy) is 1. The SMILES string of the molecule is COc1ccc(CN2CCC[C@H]2c2ccc(F)cc2)cc1. The van der Waals surface area contributed by atoms with Gasteiger partial charge in [0, 0.05) is 12.6 Å². The van der Waals surface area contributed by atoms with E-state index < -0.39 is 0 Å². The fraction of sp³-hybridized carbons (Fsp3) is 0.333. The first-order valence-corrected chi connectivity index (χ1v) is 7.39. The summed E-state index contributed by atoms with van der Waals surface area (Å²) in [6.07, 6.45) is 2.33. The van der Waals surface area contributed by atoms with Crippen LogP contribution in [0.1, 0.15) is 30.0 Å². The lowest BCUT2D eigenvalue weighted by Gasteiger charge is -2.25. The minimum Gasteiger partial charge on any atom is -0.497 e. The molecule has 2 aromatic carbocycles. The molecule has 2 aromatic rings. The smallest absolute Gasteiger partial charge is 0.123 e. The first-order chi connectivity index (χ1) is 10.3. The van der Waals surface area contributed by atoms with E-state index in [1.54, 1.807) is 19.2 Å². The predicted octanol–water partition coefficient (Wildman–Crippen LogP) is 4.17. The van der Waals surface area contributed by atoms with Crippen LogP contribution in [0.25, 0.3) is 0 Å². The summed E-state index contributed by atoms with van der Waals surface area (Å²) in [4.78, 5) is 2.47. The van der Waals surface area contributed by atoms with Crippen molar-refractivity contribution in [2.45, 2.75) is 25.4 Å². The van der Waals surface area contributed by atoms with Crippen LogP contribution in [0.4, 0.5) is 4.39 Å². The van der Waals surface area contributed by atoms with Gasteiger partial charge in [0.05, 0.1) is 7.11 Å². The first kappa shape index (κ1) is 14.1. The summed E-state index contributed by atoms with van der Waals surface area (Å²) in [6.45, 7) is 2.01. The highest BCUT2D eigenvalue weighted by molar-refractivity contribution is 5.28. The average molecular weight is 285 g/mol. The largest absolute Gasteiger partial charge is 0.497 e. The first-order valence-electron chi connectivity index (χ1n) is 7.39. The highest BCUT2D eigenvalue weighted by Crippen LogP contribution is 2.33. The van der Waals surface area contributed by atoms with E-state index in [-0.39, 0.29) is 5.82 Å². The van der Waals surface area contributed by atoms with Gasteiger partial charge >= 0.3 is 0 Å². The fourth-order valence-electron chi connectivity index (χ4n) is 3.04. The summed E-state index contributed by atoms with van der Waals surface area (Å²) in [6, 6.07) is 15.5. The van der Waals surface area contributed by atoms with Gasteiger partial charge in [-0.25, -0.2) is 4.39 Å². The normalized spacial score (nSPS) is 18.9. The molecule has 0 amide bonds. The second-order valence-corrected chi connectivity index (χ2v) is 5.53. The highest BCUT2D eigenvalue weighted by atomic mass is 19.1. The van der Waals surface area contributed by atoms with Gasteiger partial charge in [-0.15, -0.1) is 0 Å². The third kappa shape index (κ3) is 3.24. The Morgan fingerprint density at radius 1 is 1.10 bits per heavy atom. The van der Waals surface area contributed by atoms with Gasteiger partial charge in [0.2, 0.25) is 0 Å². The molecule has 1 aliphatic heterocycles. The van der Waals surface area contributed by atoms with Crippen LogP contribution in [0.2, 0.25) is 0 Å². The number of nitrogens with zero attached hydrogens (tertiary/aromatic N) is 1. The Balaban J connectivity index is 1.72. The van der Waals surface area contributed by atoms with Crippen molar-refractivity contribution in [3.63, 3.8) is 0 Å². The molecule has 110 valence electrons. The van der Waals surface area contributed by atoms with Gasteiger partial charge in [-0.2, -0.15) is 0 Å². The van der Waals surface area contributed by atoms with Crippen molar-refractivity contribution in [3.8, 4) is 5.75 Å². The molecule has 0 radical (unpaired) electrons. The lowest BCUT2D eigenvalue weighted by atomic mass is 10.0. The Morgan fingerprint density at radius 3 is 2.48 bits per heavy atom. The summed E-state index contributed by atoms with van der Waals surface area (Å²) in [7, 11) is 1.68. The maximum absolute atomic E-state index is 13.1. The van der Waals surface area contributed by atoms with Crippen molar-refractivity contribution >= 4 is 0 Å². The van der Waals surface area contributed by atoms with Crippen LogP contribution in [-0.4, -0.2) is 18.6 Å². The van der Waals surface area contributed by atoms with Gasteiger partial charge < -0.3 is 4.74 Å². The number of likely N-dealkylation sites (tertiary alicyclic amines) is 1. The fourth-order valence-corrected chi connectivity index (χ4v) is 3.04. The standard InChI is InChI=1S/C18H20FNO/c1-21-17-10-4-14(5-11-17)13-20-12-2-3-18(20)15-6-8-16(19)9-7-15/h4-11,18H,2-3,12-13H2,1H3/t18-/m0/s1. The second kappa shape index (κ2) is 6.27. The molecule has 1 atom stereocenters. The maximum atomic E-state index is 13.1. The Morgan fingerprint density at radius 2 is 1.81 bits per heavy atom. The van der Waals surface area contributed by atoms with Crippen LogP contribution in [0, 0.1) is 5.82 Å². The number of rotatable bonds is 4. The van der Waals surface area contributed by atoms with E-state index in [0.29, 0.717) is 6.04 Å². The van der Waals surface area contributed by atoms with Crippen molar-refractivity contribution in [1.82, 2.24) is 4.90 Å². The van der Waals surface area contributed by atoms with E-state index in [9.17, 15) is 4.39 Å². The molecule has 1 saturated heterocycles. The molecule has 0 aliphatic carbocycles. The van der Waals surface area contributed by atoms with Crippen molar-refractivity contribution in [2.24, 2.45) is 0 Å². The van der Waals surface area contributed by atoms with Crippen LogP contribution < -0.4 is 4.74 Å². The van der Waals surface area contributed by atoms with Gasteiger partial charge in [0.25, 0.3) is 0 Å². The molecule has 0 spiro atoms. The third-order valence-corrected chi connectivity index (χ3v) is 4.16. The van der Waals surface area contributed by atoms with Gasteiger partial charge in [0.15, 0.2) is 0 Å². The minimum atomic E-state index is -0.168. The van der Waals surface area contributed by atoms with Gasteiger partial charge in [0.1, 0.15) is 11.6 Å². The van der Waals surface area contributed by atoms with Crippen LogP contribution >= 0.6 is 0 Å². The summed E-state index contributed by atoms with van der Waals surface area (Å²) >= 11 is 0. The molecule has 0 bridgehead atoms. The molecule has 21 heavy (non-hydrogen) atoms. The van der Waals surface area contributed by atoms with Crippen molar-refractivity contribution in [2.75, 3.05) is 13.7 Å². The van der Waals surface area contributed by atoms with Gasteiger partial charge in [-0.3, -0.25) is 4.90 Å². The van der Waals surface area contributed by atoms with E-state index in [4.69, 9.17) is 4.74 Å². The van der Waals surface area contributed by atoms with Crippen LogP contribution in [-0.2, 0) is 6.54 Å². The quantitative estimate of drug-likeness (QED) is 0.836. The predicted molar refractivity (Wildman–Crippen MR) is 81.8 cm³/mol. The lowest BCUT2D eigenvalue weighted by molar-refractivity contribution is 0.248. The number of methoxy groups -OCH3 is 1. The van der Waals surface area contributed by atoms with Crippen molar-refractivity contribution in [3.05, 3.63) is 65.5 Å². The summed E-state index contributed by atoms with van der Waals surface area (Å²) in [5, 5.41) is 0. The van der Waals surface area contributed by atoms with Crippen LogP contribution in [0.5, 0.6) is 5.75 Å².